The molecule has 41 heavy (non-hydrogen) atoms. The van der Waals surface area contributed by atoms with E-state index in [9.17, 15) is 19.2 Å². The van der Waals surface area contributed by atoms with Gasteiger partial charge in [-0.2, -0.15) is 0 Å². The number of benzene rings is 3. The highest BCUT2D eigenvalue weighted by molar-refractivity contribution is 7.17. The molecule has 0 saturated carbocycles. The molecule has 2 aliphatic heterocycles. The van der Waals surface area contributed by atoms with Gasteiger partial charge in [0.1, 0.15) is 29.9 Å². The summed E-state index contributed by atoms with van der Waals surface area (Å²) < 4.78 is 18.0. The number of nitrogens with zero attached hydrogens (tertiary/aromatic N) is 1. The maximum absolute atomic E-state index is 13.3. The third kappa shape index (κ3) is 5.31. The fraction of sp³-hybridized carbons (Fsp3) is 0.200. The molecule has 208 valence electrons. The molecule has 1 saturated heterocycles. The highest BCUT2D eigenvalue weighted by atomic mass is 32.1. The summed E-state index contributed by atoms with van der Waals surface area (Å²) in [4.78, 5) is 51.1. The molecule has 4 amide bonds. The molecule has 2 aliphatic rings. The van der Waals surface area contributed by atoms with Crippen LogP contribution in [-0.2, 0) is 27.5 Å². The van der Waals surface area contributed by atoms with Gasteiger partial charge in [0.25, 0.3) is 5.91 Å². The molecule has 3 heterocycles. The highest BCUT2D eigenvalue weighted by Crippen LogP contribution is 2.36. The SMILES string of the molecule is COc1c(COC(=O)Nc2ccc(Oc3ccc4ccsc4c3)cc2)ccc2c1C(=O)N(C1CCC(=O)NC1=O)C2. The van der Waals surface area contributed by atoms with Crippen LogP contribution in [0.2, 0.25) is 0 Å². The smallest absolute Gasteiger partial charge is 0.411 e. The summed E-state index contributed by atoms with van der Waals surface area (Å²) in [7, 11) is 1.43. The molecule has 10 nitrogen and oxygen atoms in total. The molecule has 1 fully saturated rings. The largest absolute Gasteiger partial charge is 0.495 e. The summed E-state index contributed by atoms with van der Waals surface area (Å²) in [6.45, 7) is 0.0845. The number of amides is 4. The summed E-state index contributed by atoms with van der Waals surface area (Å²) in [5.41, 5.74) is 2.05. The van der Waals surface area contributed by atoms with E-state index in [2.05, 4.69) is 16.7 Å². The number of ether oxygens (including phenoxy) is 3. The first-order chi connectivity index (χ1) is 19.9. The first-order valence-electron chi connectivity index (χ1n) is 12.9. The molecule has 6 rings (SSSR count). The number of methoxy groups -OCH3 is 1. The molecule has 0 bridgehead atoms. The molecule has 0 radical (unpaired) electrons. The monoisotopic (exact) mass is 571 g/mol. The Labute approximate surface area is 238 Å². The Morgan fingerprint density at radius 3 is 2.63 bits per heavy atom. The Hall–Kier alpha value is -4.90. The fourth-order valence-electron chi connectivity index (χ4n) is 5.05. The topological polar surface area (TPSA) is 123 Å². The van der Waals surface area contributed by atoms with E-state index in [1.807, 2.05) is 23.6 Å². The van der Waals surface area contributed by atoms with E-state index in [1.165, 1.54) is 17.4 Å². The van der Waals surface area contributed by atoms with Crippen molar-refractivity contribution in [1.82, 2.24) is 10.2 Å². The Bertz CT molecular complexity index is 1680. The number of nitrogens with one attached hydrogen (secondary N) is 2. The molecule has 4 aromatic rings. The van der Waals surface area contributed by atoms with Crippen LogP contribution in [0.25, 0.3) is 10.1 Å². The number of carbonyl (C=O) groups is 4. The molecule has 1 unspecified atom stereocenters. The second-order valence-electron chi connectivity index (χ2n) is 9.64. The normalized spacial score (nSPS) is 16.4. The van der Waals surface area contributed by atoms with E-state index in [-0.39, 0.29) is 43.6 Å². The lowest BCUT2D eigenvalue weighted by Crippen LogP contribution is -2.52. The first-order valence-corrected chi connectivity index (χ1v) is 13.8. The number of anilines is 1. The average molecular weight is 572 g/mol. The van der Waals surface area contributed by atoms with Crippen LogP contribution in [0, 0.1) is 0 Å². The summed E-state index contributed by atoms with van der Waals surface area (Å²) in [5.74, 6) is 0.441. The zero-order valence-electron chi connectivity index (χ0n) is 22.0. The summed E-state index contributed by atoms with van der Waals surface area (Å²) in [5, 5.41) is 8.17. The van der Waals surface area contributed by atoms with Gasteiger partial charge in [0, 0.05) is 28.9 Å². The molecule has 3 aromatic carbocycles. The van der Waals surface area contributed by atoms with Crippen LogP contribution in [0.15, 0.2) is 66.0 Å². The van der Waals surface area contributed by atoms with Crippen LogP contribution in [0.3, 0.4) is 0 Å². The van der Waals surface area contributed by atoms with E-state index in [0.717, 1.165) is 10.4 Å². The van der Waals surface area contributed by atoms with E-state index >= 15 is 0 Å². The van der Waals surface area contributed by atoms with Gasteiger partial charge in [-0.3, -0.25) is 25.0 Å². The lowest BCUT2D eigenvalue weighted by molar-refractivity contribution is -0.136. The number of hydrogen-bond acceptors (Lipinski definition) is 8. The first kappa shape index (κ1) is 26.3. The van der Waals surface area contributed by atoms with E-state index in [4.69, 9.17) is 14.2 Å². The quantitative estimate of drug-likeness (QED) is 0.292. The van der Waals surface area contributed by atoms with E-state index in [1.54, 1.807) is 47.7 Å². The fourth-order valence-corrected chi connectivity index (χ4v) is 5.87. The van der Waals surface area contributed by atoms with Crippen molar-refractivity contribution in [1.29, 1.82) is 0 Å². The van der Waals surface area contributed by atoms with Crippen molar-refractivity contribution >= 4 is 50.9 Å². The highest BCUT2D eigenvalue weighted by Gasteiger charge is 2.41. The number of imide groups is 1. The van der Waals surface area contributed by atoms with E-state index < -0.39 is 18.0 Å². The van der Waals surface area contributed by atoms with Crippen molar-refractivity contribution in [3.8, 4) is 17.2 Å². The number of hydrogen-bond donors (Lipinski definition) is 2. The van der Waals surface area contributed by atoms with Crippen LogP contribution < -0.4 is 20.1 Å². The standard InChI is InChI=1S/C30H25N3O7S/c1-38-27-19(3-2-18-15-33(29(36)26(18)27)23-10-11-25(34)32-28(23)35)16-39-30(37)31-20-5-8-21(9-6-20)40-22-7-4-17-12-13-41-24(17)14-22/h2-9,12-14,23H,10-11,15-16H2,1H3,(H,31,37)(H,32,34,35). The lowest BCUT2D eigenvalue weighted by atomic mass is 10.0. The number of carbonyl (C=O) groups excluding carboxylic acids is 4. The Balaban J connectivity index is 1.07. The van der Waals surface area contributed by atoms with Crippen LogP contribution in [0.4, 0.5) is 10.5 Å². The number of piperidine rings is 1. The van der Waals surface area contributed by atoms with Crippen molar-refractivity contribution in [3.05, 3.63) is 82.7 Å². The minimum atomic E-state index is -0.732. The van der Waals surface area contributed by atoms with Crippen molar-refractivity contribution in [3.63, 3.8) is 0 Å². The number of fused-ring (bicyclic) bond motifs is 2. The van der Waals surface area contributed by atoms with Gasteiger partial charge in [-0.25, -0.2) is 4.79 Å². The number of rotatable bonds is 7. The zero-order valence-corrected chi connectivity index (χ0v) is 22.8. The predicted molar refractivity (Wildman–Crippen MR) is 151 cm³/mol. The Kier molecular flexibility index (Phi) is 7.02. The molecular formula is C30H25N3O7S. The summed E-state index contributed by atoms with van der Waals surface area (Å²) >= 11 is 1.65. The van der Waals surface area contributed by atoms with Crippen LogP contribution in [0.5, 0.6) is 17.2 Å². The third-order valence-electron chi connectivity index (χ3n) is 7.05. The molecule has 0 spiro atoms. The summed E-state index contributed by atoms with van der Waals surface area (Å²) in [6.07, 6.45) is -0.245. The molecule has 11 heteroatoms. The maximum Gasteiger partial charge on any atom is 0.411 e. The van der Waals surface area contributed by atoms with Crippen LogP contribution in [0.1, 0.15) is 34.3 Å². The van der Waals surface area contributed by atoms with Crippen molar-refractivity contribution in [2.24, 2.45) is 0 Å². The van der Waals surface area contributed by atoms with Gasteiger partial charge in [-0.05, 0) is 71.3 Å². The Morgan fingerprint density at radius 1 is 1.05 bits per heavy atom. The van der Waals surface area contributed by atoms with Crippen molar-refractivity contribution < 1.29 is 33.4 Å². The minimum absolute atomic E-state index is 0.139. The van der Waals surface area contributed by atoms with Gasteiger partial charge < -0.3 is 19.1 Å². The van der Waals surface area contributed by atoms with E-state index in [0.29, 0.717) is 28.1 Å². The third-order valence-corrected chi connectivity index (χ3v) is 7.93. The molecule has 1 atom stereocenters. The second-order valence-corrected chi connectivity index (χ2v) is 10.6. The molecular weight excluding hydrogens is 546 g/mol. The van der Waals surface area contributed by atoms with Gasteiger partial charge in [0.2, 0.25) is 11.8 Å². The number of thiophene rings is 1. The molecule has 0 aliphatic carbocycles. The molecule has 2 N–H and O–H groups in total. The lowest BCUT2D eigenvalue weighted by Gasteiger charge is -2.29. The minimum Gasteiger partial charge on any atom is -0.495 e. The van der Waals surface area contributed by atoms with Gasteiger partial charge in [0.15, 0.2) is 0 Å². The summed E-state index contributed by atoms with van der Waals surface area (Å²) in [6, 6.07) is 17.6. The average Bonchev–Trinajstić information content (AvgIpc) is 3.57. The predicted octanol–water partition coefficient (Wildman–Crippen LogP) is 5.21. The van der Waals surface area contributed by atoms with Gasteiger partial charge >= 0.3 is 6.09 Å². The van der Waals surface area contributed by atoms with Gasteiger partial charge in [-0.1, -0.05) is 12.1 Å². The second kappa shape index (κ2) is 10.9. The zero-order chi connectivity index (χ0) is 28.5. The molecule has 1 aromatic heterocycles. The van der Waals surface area contributed by atoms with Crippen LogP contribution in [-0.4, -0.2) is 41.9 Å². The van der Waals surface area contributed by atoms with Gasteiger partial charge in [-0.15, -0.1) is 11.3 Å². The Morgan fingerprint density at radius 2 is 1.85 bits per heavy atom. The van der Waals surface area contributed by atoms with Gasteiger partial charge in [0.05, 0.1) is 12.7 Å². The van der Waals surface area contributed by atoms with Crippen molar-refractivity contribution in [2.45, 2.75) is 32.0 Å². The van der Waals surface area contributed by atoms with Crippen LogP contribution >= 0.6 is 11.3 Å². The van der Waals surface area contributed by atoms with Crippen molar-refractivity contribution in [2.75, 3.05) is 12.4 Å². The maximum atomic E-state index is 13.3.